The van der Waals surface area contributed by atoms with Crippen molar-refractivity contribution < 1.29 is 9.47 Å². The fourth-order valence-corrected chi connectivity index (χ4v) is 2.95. The predicted octanol–water partition coefficient (Wildman–Crippen LogP) is 3.46. The second-order valence-electron chi connectivity index (χ2n) is 5.53. The Hall–Kier alpha value is -1.22. The van der Waals surface area contributed by atoms with E-state index >= 15 is 0 Å². The number of nitrogens with two attached hydrogens (primary N) is 1. The molecule has 1 aliphatic rings. The summed E-state index contributed by atoms with van der Waals surface area (Å²) in [4.78, 5) is 0. The van der Waals surface area contributed by atoms with E-state index in [2.05, 4.69) is 19.1 Å². The molecule has 2 atom stereocenters. The van der Waals surface area contributed by atoms with Crippen LogP contribution in [0, 0.1) is 5.92 Å². The Morgan fingerprint density at radius 2 is 1.89 bits per heavy atom. The molecule has 2 rings (SSSR count). The fourth-order valence-electron chi connectivity index (χ4n) is 2.95. The number of hydrogen-bond acceptors (Lipinski definition) is 3. The summed E-state index contributed by atoms with van der Waals surface area (Å²) in [6.45, 7) is 7.51. The van der Waals surface area contributed by atoms with Crippen LogP contribution in [0.15, 0.2) is 18.2 Å². The maximum atomic E-state index is 6.56. The molecule has 1 fully saturated rings. The summed E-state index contributed by atoms with van der Waals surface area (Å²) in [6.07, 6.45) is 3.30. The lowest BCUT2D eigenvalue weighted by Gasteiger charge is -2.26. The summed E-state index contributed by atoms with van der Waals surface area (Å²) in [5, 5.41) is 0. The second-order valence-corrected chi connectivity index (χ2v) is 5.53. The maximum absolute atomic E-state index is 6.56. The van der Waals surface area contributed by atoms with Crippen LogP contribution >= 0.6 is 0 Å². The van der Waals surface area contributed by atoms with Crippen molar-refractivity contribution in [2.24, 2.45) is 11.7 Å². The van der Waals surface area contributed by atoms with Gasteiger partial charge in [-0.25, -0.2) is 0 Å². The first-order chi connectivity index (χ1) is 9.09. The Bertz CT molecular complexity index is 433. The van der Waals surface area contributed by atoms with Crippen LogP contribution in [-0.2, 0) is 5.54 Å². The topological polar surface area (TPSA) is 44.5 Å². The van der Waals surface area contributed by atoms with Crippen LogP contribution < -0.4 is 15.2 Å². The molecule has 0 aromatic heterocycles. The molecule has 0 amide bonds. The molecular weight excluding hydrogens is 238 g/mol. The summed E-state index contributed by atoms with van der Waals surface area (Å²) in [5.41, 5.74) is 7.54. The van der Waals surface area contributed by atoms with Crippen LogP contribution in [0.25, 0.3) is 0 Å². The van der Waals surface area contributed by atoms with Gasteiger partial charge in [0.15, 0.2) is 11.5 Å². The van der Waals surface area contributed by atoms with Crippen molar-refractivity contribution in [1.29, 1.82) is 0 Å². The maximum Gasteiger partial charge on any atom is 0.161 e. The van der Waals surface area contributed by atoms with Gasteiger partial charge in [0.25, 0.3) is 0 Å². The van der Waals surface area contributed by atoms with Gasteiger partial charge in [-0.05, 0) is 56.7 Å². The highest BCUT2D eigenvalue weighted by Crippen LogP contribution is 2.42. The molecule has 3 nitrogen and oxygen atoms in total. The molecule has 1 aromatic rings. The quantitative estimate of drug-likeness (QED) is 0.884. The van der Waals surface area contributed by atoms with E-state index in [9.17, 15) is 0 Å². The number of ether oxygens (including phenoxy) is 2. The molecule has 0 spiro atoms. The summed E-state index contributed by atoms with van der Waals surface area (Å²) >= 11 is 0. The number of rotatable bonds is 5. The molecule has 19 heavy (non-hydrogen) atoms. The average molecular weight is 263 g/mol. The fraction of sp³-hybridized carbons (Fsp3) is 0.625. The molecule has 0 aliphatic heterocycles. The molecule has 106 valence electrons. The molecule has 0 heterocycles. The van der Waals surface area contributed by atoms with Gasteiger partial charge in [0, 0.05) is 5.54 Å². The monoisotopic (exact) mass is 263 g/mol. The zero-order valence-corrected chi connectivity index (χ0v) is 12.2. The first kappa shape index (κ1) is 14.2. The third-order valence-electron chi connectivity index (χ3n) is 3.91. The van der Waals surface area contributed by atoms with Crippen LogP contribution in [0.3, 0.4) is 0 Å². The zero-order chi connectivity index (χ0) is 13.9. The van der Waals surface area contributed by atoms with Crippen molar-refractivity contribution in [3.63, 3.8) is 0 Å². The third kappa shape index (κ3) is 3.03. The van der Waals surface area contributed by atoms with E-state index in [1.54, 1.807) is 0 Å². The smallest absolute Gasteiger partial charge is 0.161 e. The molecule has 0 radical (unpaired) electrons. The first-order valence-electron chi connectivity index (χ1n) is 7.28. The van der Waals surface area contributed by atoms with Gasteiger partial charge in [0.2, 0.25) is 0 Å². The Labute approximate surface area is 116 Å². The van der Waals surface area contributed by atoms with E-state index in [1.165, 1.54) is 12.0 Å². The van der Waals surface area contributed by atoms with Crippen LogP contribution in [-0.4, -0.2) is 13.2 Å². The highest BCUT2D eigenvalue weighted by atomic mass is 16.5. The first-order valence-corrected chi connectivity index (χ1v) is 7.28. The second kappa shape index (κ2) is 5.83. The molecule has 0 saturated heterocycles. The largest absolute Gasteiger partial charge is 0.490 e. The minimum Gasteiger partial charge on any atom is -0.490 e. The molecule has 1 saturated carbocycles. The number of hydrogen-bond donors (Lipinski definition) is 1. The van der Waals surface area contributed by atoms with E-state index in [4.69, 9.17) is 15.2 Å². The lowest BCUT2D eigenvalue weighted by atomic mass is 9.88. The van der Waals surface area contributed by atoms with Gasteiger partial charge >= 0.3 is 0 Å². The van der Waals surface area contributed by atoms with Crippen molar-refractivity contribution in [3.05, 3.63) is 23.8 Å². The Balaban J connectivity index is 2.29. The van der Waals surface area contributed by atoms with Gasteiger partial charge in [-0.15, -0.1) is 0 Å². The van der Waals surface area contributed by atoms with Gasteiger partial charge in [0.1, 0.15) is 0 Å². The van der Waals surface area contributed by atoms with Gasteiger partial charge in [0.05, 0.1) is 13.2 Å². The van der Waals surface area contributed by atoms with E-state index in [0.717, 1.165) is 24.3 Å². The lowest BCUT2D eigenvalue weighted by molar-refractivity contribution is 0.286. The summed E-state index contributed by atoms with van der Waals surface area (Å²) in [6, 6.07) is 6.14. The normalized spacial score (nSPS) is 26.4. The van der Waals surface area contributed by atoms with Crippen LogP contribution in [0.4, 0.5) is 0 Å². The Kier molecular flexibility index (Phi) is 4.35. The van der Waals surface area contributed by atoms with Crippen molar-refractivity contribution in [2.75, 3.05) is 13.2 Å². The van der Waals surface area contributed by atoms with E-state index < -0.39 is 0 Å². The van der Waals surface area contributed by atoms with Gasteiger partial charge in [-0.2, -0.15) is 0 Å². The molecule has 2 N–H and O–H groups in total. The molecular formula is C16H25NO2. The number of benzene rings is 1. The highest BCUT2D eigenvalue weighted by molar-refractivity contribution is 5.45. The molecule has 2 unspecified atom stereocenters. The van der Waals surface area contributed by atoms with Gasteiger partial charge < -0.3 is 15.2 Å². The summed E-state index contributed by atoms with van der Waals surface area (Å²) < 4.78 is 11.3. The van der Waals surface area contributed by atoms with Crippen LogP contribution in [0.1, 0.15) is 45.6 Å². The van der Waals surface area contributed by atoms with E-state index in [-0.39, 0.29) is 5.54 Å². The average Bonchev–Trinajstić information content (AvgIpc) is 2.73. The van der Waals surface area contributed by atoms with Crippen molar-refractivity contribution in [1.82, 2.24) is 0 Å². The van der Waals surface area contributed by atoms with Crippen molar-refractivity contribution in [2.45, 2.75) is 45.6 Å². The Morgan fingerprint density at radius 1 is 1.21 bits per heavy atom. The highest BCUT2D eigenvalue weighted by Gasteiger charge is 2.35. The van der Waals surface area contributed by atoms with E-state index in [0.29, 0.717) is 19.1 Å². The molecule has 0 bridgehead atoms. The molecule has 1 aliphatic carbocycles. The Morgan fingerprint density at radius 3 is 2.47 bits per heavy atom. The van der Waals surface area contributed by atoms with E-state index in [1.807, 2.05) is 19.9 Å². The standard InChI is InChI=1S/C16H25NO2/c1-4-18-14-7-6-13(10-15(14)19-5-2)16(17)9-8-12(3)11-16/h6-7,10,12H,4-5,8-9,11,17H2,1-3H3. The molecule has 3 heteroatoms. The SMILES string of the molecule is CCOc1ccc(C2(N)CCC(C)C2)cc1OCC. The van der Waals surface area contributed by atoms with Crippen LogP contribution in [0.2, 0.25) is 0 Å². The predicted molar refractivity (Wildman–Crippen MR) is 77.7 cm³/mol. The van der Waals surface area contributed by atoms with Crippen molar-refractivity contribution >= 4 is 0 Å². The third-order valence-corrected chi connectivity index (χ3v) is 3.91. The van der Waals surface area contributed by atoms with Crippen molar-refractivity contribution in [3.8, 4) is 11.5 Å². The summed E-state index contributed by atoms with van der Waals surface area (Å²) in [5.74, 6) is 2.32. The lowest BCUT2D eigenvalue weighted by Crippen LogP contribution is -2.33. The zero-order valence-electron chi connectivity index (χ0n) is 12.2. The minimum absolute atomic E-state index is 0.198. The van der Waals surface area contributed by atoms with Gasteiger partial charge in [-0.1, -0.05) is 13.0 Å². The van der Waals surface area contributed by atoms with Crippen LogP contribution in [0.5, 0.6) is 11.5 Å². The minimum atomic E-state index is -0.198. The summed E-state index contributed by atoms with van der Waals surface area (Å²) in [7, 11) is 0. The van der Waals surface area contributed by atoms with Gasteiger partial charge in [-0.3, -0.25) is 0 Å². The molecule has 1 aromatic carbocycles.